The Morgan fingerprint density at radius 2 is 1.57 bits per heavy atom. The van der Waals surface area contributed by atoms with Gasteiger partial charge in [-0.2, -0.15) is 0 Å². The second-order valence-electron chi connectivity index (χ2n) is 9.38. The maximum Gasteiger partial charge on any atom is 0.410 e. The van der Waals surface area contributed by atoms with Gasteiger partial charge in [-0.1, -0.05) is 30.3 Å². The van der Waals surface area contributed by atoms with Gasteiger partial charge >= 0.3 is 12.2 Å². The van der Waals surface area contributed by atoms with E-state index in [2.05, 4.69) is 0 Å². The smallest absolute Gasteiger partial charge is 0.410 e. The van der Waals surface area contributed by atoms with Crippen molar-refractivity contribution in [3.05, 3.63) is 35.9 Å². The van der Waals surface area contributed by atoms with Crippen LogP contribution in [0.15, 0.2) is 30.3 Å². The van der Waals surface area contributed by atoms with E-state index in [4.69, 9.17) is 9.47 Å². The number of likely N-dealkylation sites (tertiary alicyclic amines) is 1. The Balaban J connectivity index is 2.04. The molecule has 1 fully saturated rings. The predicted octanol–water partition coefficient (Wildman–Crippen LogP) is 3.41. The third-order valence-electron chi connectivity index (χ3n) is 3.98. The van der Waals surface area contributed by atoms with E-state index in [1.165, 1.54) is 9.80 Å². The van der Waals surface area contributed by atoms with Gasteiger partial charge in [0.25, 0.3) is 0 Å². The summed E-state index contributed by atoms with van der Waals surface area (Å²) in [6, 6.07) is 9.51. The molecular weight excluding hydrogens is 360 g/mol. The summed E-state index contributed by atoms with van der Waals surface area (Å²) in [4.78, 5) is 27.7. The lowest BCUT2D eigenvalue weighted by molar-refractivity contribution is -0.112. The Hall–Kier alpha value is -2.28. The van der Waals surface area contributed by atoms with Gasteiger partial charge in [0, 0.05) is 6.54 Å². The van der Waals surface area contributed by atoms with E-state index in [0.29, 0.717) is 6.54 Å². The number of hydrogen-bond acceptors (Lipinski definition) is 5. The quantitative estimate of drug-likeness (QED) is 0.849. The fourth-order valence-corrected chi connectivity index (χ4v) is 2.89. The Morgan fingerprint density at radius 1 is 1.04 bits per heavy atom. The molecule has 7 heteroatoms. The molecule has 1 saturated heterocycles. The largest absolute Gasteiger partial charge is 0.444 e. The lowest BCUT2D eigenvalue weighted by Crippen LogP contribution is -2.68. The molecule has 1 aromatic carbocycles. The normalized spacial score (nSPS) is 16.2. The van der Waals surface area contributed by atoms with Crippen molar-refractivity contribution in [1.82, 2.24) is 9.80 Å². The molecule has 1 heterocycles. The summed E-state index contributed by atoms with van der Waals surface area (Å²) in [5.74, 6) is 0. The zero-order valence-corrected chi connectivity index (χ0v) is 17.7. The fourth-order valence-electron chi connectivity index (χ4n) is 2.89. The molecular formula is C21H32N2O5. The molecule has 1 N–H and O–H groups in total. The molecule has 0 saturated carbocycles. The summed E-state index contributed by atoms with van der Waals surface area (Å²) in [6.45, 7) is 11.4. The SMILES string of the molecule is CC(C)(C)OC(=O)N(Cc1ccccc1)CC1(O)CN(C(=O)OC(C)(C)C)C1. The maximum absolute atomic E-state index is 12.7. The molecule has 0 bridgehead atoms. The summed E-state index contributed by atoms with van der Waals surface area (Å²) in [5, 5.41) is 10.8. The number of ether oxygens (including phenoxy) is 2. The lowest BCUT2D eigenvalue weighted by atomic mass is 9.94. The Bertz CT molecular complexity index is 685. The third-order valence-corrected chi connectivity index (χ3v) is 3.98. The Morgan fingerprint density at radius 3 is 2.07 bits per heavy atom. The van der Waals surface area contributed by atoms with Crippen molar-refractivity contribution in [3.63, 3.8) is 0 Å². The second kappa shape index (κ2) is 7.99. The Labute approximate surface area is 167 Å². The molecule has 7 nitrogen and oxygen atoms in total. The van der Waals surface area contributed by atoms with Gasteiger partial charge in [0.1, 0.15) is 16.8 Å². The van der Waals surface area contributed by atoms with Gasteiger partial charge in [0.2, 0.25) is 0 Å². The zero-order valence-electron chi connectivity index (χ0n) is 17.7. The Kier molecular flexibility index (Phi) is 6.28. The van der Waals surface area contributed by atoms with E-state index >= 15 is 0 Å². The van der Waals surface area contributed by atoms with E-state index in [9.17, 15) is 14.7 Å². The number of carbonyl (C=O) groups excluding carboxylic acids is 2. The van der Waals surface area contributed by atoms with Crippen LogP contribution < -0.4 is 0 Å². The third kappa shape index (κ3) is 6.71. The average Bonchev–Trinajstić information content (AvgIpc) is 2.49. The van der Waals surface area contributed by atoms with Crippen LogP contribution in [-0.2, 0) is 16.0 Å². The summed E-state index contributed by atoms with van der Waals surface area (Å²) < 4.78 is 10.8. The van der Waals surface area contributed by atoms with E-state index in [1.807, 2.05) is 30.3 Å². The molecule has 0 atom stereocenters. The van der Waals surface area contributed by atoms with Gasteiger partial charge in [0.15, 0.2) is 0 Å². The predicted molar refractivity (Wildman–Crippen MR) is 106 cm³/mol. The van der Waals surface area contributed by atoms with Crippen LogP contribution in [0.1, 0.15) is 47.1 Å². The lowest BCUT2D eigenvalue weighted by Gasteiger charge is -2.48. The molecule has 28 heavy (non-hydrogen) atoms. The number of benzene rings is 1. The summed E-state index contributed by atoms with van der Waals surface area (Å²) in [7, 11) is 0. The van der Waals surface area contributed by atoms with Gasteiger partial charge in [-0.3, -0.25) is 0 Å². The molecule has 0 aliphatic carbocycles. The van der Waals surface area contributed by atoms with Gasteiger partial charge < -0.3 is 24.4 Å². The highest BCUT2D eigenvalue weighted by Gasteiger charge is 2.47. The molecule has 1 aliphatic rings. The van der Waals surface area contributed by atoms with Gasteiger partial charge in [-0.05, 0) is 47.1 Å². The molecule has 0 unspecified atom stereocenters. The number of carbonyl (C=O) groups is 2. The minimum atomic E-state index is -1.19. The molecule has 2 rings (SSSR count). The van der Waals surface area contributed by atoms with E-state index in [-0.39, 0.29) is 19.6 Å². The average molecular weight is 392 g/mol. The van der Waals surface area contributed by atoms with Crippen molar-refractivity contribution in [1.29, 1.82) is 0 Å². The number of aliphatic hydroxyl groups is 1. The minimum absolute atomic E-state index is 0.0656. The van der Waals surface area contributed by atoms with Crippen LogP contribution in [0.4, 0.5) is 9.59 Å². The van der Waals surface area contributed by atoms with Crippen LogP contribution in [0.5, 0.6) is 0 Å². The first-order valence-electron chi connectivity index (χ1n) is 9.49. The first-order valence-corrected chi connectivity index (χ1v) is 9.49. The van der Waals surface area contributed by atoms with Crippen LogP contribution >= 0.6 is 0 Å². The van der Waals surface area contributed by atoms with Crippen LogP contribution in [-0.4, -0.2) is 63.5 Å². The standard InChI is InChI=1S/C21H32N2O5/c1-19(2,3)27-17(24)22(12-16-10-8-7-9-11-16)13-21(26)14-23(15-21)18(25)28-20(4,5)6/h7-11,26H,12-15H2,1-6H3. The van der Waals surface area contributed by atoms with Crippen molar-refractivity contribution in [2.75, 3.05) is 19.6 Å². The van der Waals surface area contributed by atoms with Gasteiger partial charge in [0.05, 0.1) is 19.6 Å². The van der Waals surface area contributed by atoms with Gasteiger partial charge in [-0.15, -0.1) is 0 Å². The summed E-state index contributed by atoms with van der Waals surface area (Å²) >= 11 is 0. The van der Waals surface area contributed by atoms with Crippen LogP contribution in [0.25, 0.3) is 0 Å². The first-order chi connectivity index (χ1) is 12.8. The highest BCUT2D eigenvalue weighted by atomic mass is 16.6. The maximum atomic E-state index is 12.7. The molecule has 2 amide bonds. The minimum Gasteiger partial charge on any atom is -0.444 e. The van der Waals surface area contributed by atoms with Crippen molar-refractivity contribution < 1.29 is 24.2 Å². The number of amides is 2. The number of β-amino-alcohol motifs (C(OH)–C–C–N with tert-alkyl or cyclic N) is 1. The first kappa shape index (κ1) is 22.0. The van der Waals surface area contributed by atoms with Crippen LogP contribution in [0, 0.1) is 0 Å². The molecule has 1 aromatic rings. The molecule has 156 valence electrons. The zero-order chi connectivity index (χ0) is 21.2. The number of hydrogen-bond donors (Lipinski definition) is 1. The van der Waals surface area contributed by atoms with E-state index < -0.39 is 29.0 Å². The van der Waals surface area contributed by atoms with Gasteiger partial charge in [-0.25, -0.2) is 9.59 Å². The fraction of sp³-hybridized carbons (Fsp3) is 0.619. The van der Waals surface area contributed by atoms with Crippen LogP contribution in [0.3, 0.4) is 0 Å². The number of nitrogens with zero attached hydrogens (tertiary/aromatic N) is 2. The second-order valence-corrected chi connectivity index (χ2v) is 9.38. The highest BCUT2D eigenvalue weighted by molar-refractivity contribution is 5.70. The molecule has 0 spiro atoms. The van der Waals surface area contributed by atoms with Crippen molar-refractivity contribution in [2.45, 2.75) is 64.9 Å². The van der Waals surface area contributed by atoms with Crippen molar-refractivity contribution in [2.24, 2.45) is 0 Å². The topological polar surface area (TPSA) is 79.3 Å². The monoisotopic (exact) mass is 392 g/mol. The van der Waals surface area contributed by atoms with Crippen molar-refractivity contribution >= 4 is 12.2 Å². The molecule has 0 radical (unpaired) electrons. The number of rotatable bonds is 4. The molecule has 0 aromatic heterocycles. The highest BCUT2D eigenvalue weighted by Crippen LogP contribution is 2.26. The van der Waals surface area contributed by atoms with E-state index in [0.717, 1.165) is 5.56 Å². The summed E-state index contributed by atoms with van der Waals surface area (Å²) in [5.41, 5.74) is -1.50. The summed E-state index contributed by atoms with van der Waals surface area (Å²) in [6.07, 6.45) is -0.968. The molecule has 1 aliphatic heterocycles. The van der Waals surface area contributed by atoms with Crippen LogP contribution in [0.2, 0.25) is 0 Å². The van der Waals surface area contributed by atoms with E-state index in [1.54, 1.807) is 41.5 Å². The van der Waals surface area contributed by atoms with Crippen molar-refractivity contribution in [3.8, 4) is 0 Å².